The average Bonchev–Trinajstić information content (AvgIpc) is 3.19. The molecule has 2 heterocycles. The molecule has 0 spiro atoms. The number of carbonyl (C=O) groups excluding carboxylic acids is 2. The topological polar surface area (TPSA) is 126 Å². The van der Waals surface area contributed by atoms with Gasteiger partial charge in [-0.3, -0.25) is 0 Å². The molecule has 0 aliphatic carbocycles. The SMILES string of the molecule is C/C(=C\c1csc(C)n1)C(N)CC1OC1(C)CCCC(C)C(O)C(C)CC(C)(C)C(C)O.O=C=O. The van der Waals surface area contributed by atoms with Gasteiger partial charge in [0.15, 0.2) is 0 Å². The van der Waals surface area contributed by atoms with Crippen molar-refractivity contribution in [1.82, 2.24) is 4.98 Å². The summed E-state index contributed by atoms with van der Waals surface area (Å²) in [5.74, 6) is 0.383. The van der Waals surface area contributed by atoms with Crippen molar-refractivity contribution in [3.8, 4) is 0 Å². The number of aryl methyl sites for hydroxylation is 1. The second-order valence-corrected chi connectivity index (χ2v) is 12.3. The van der Waals surface area contributed by atoms with Gasteiger partial charge in [0.2, 0.25) is 0 Å². The predicted octanol–water partition coefficient (Wildman–Crippen LogP) is 4.75. The second-order valence-electron chi connectivity index (χ2n) is 11.2. The molecule has 0 saturated carbocycles. The summed E-state index contributed by atoms with van der Waals surface area (Å²) in [7, 11) is 0. The molecule has 7 atom stereocenters. The van der Waals surface area contributed by atoms with Gasteiger partial charge >= 0.3 is 6.15 Å². The molecule has 1 fully saturated rings. The van der Waals surface area contributed by atoms with Gasteiger partial charge < -0.3 is 20.7 Å². The van der Waals surface area contributed by atoms with Crippen molar-refractivity contribution in [2.75, 3.05) is 0 Å². The van der Waals surface area contributed by atoms with E-state index in [-0.39, 0.29) is 53.4 Å². The van der Waals surface area contributed by atoms with Crippen LogP contribution in [0, 0.1) is 24.2 Å². The van der Waals surface area contributed by atoms with Crippen LogP contribution in [-0.4, -0.2) is 51.3 Å². The van der Waals surface area contributed by atoms with Crippen molar-refractivity contribution in [2.24, 2.45) is 23.0 Å². The van der Waals surface area contributed by atoms with Crippen LogP contribution in [0.25, 0.3) is 6.08 Å². The third-order valence-corrected chi connectivity index (χ3v) is 8.37. The lowest BCUT2D eigenvalue weighted by atomic mass is 9.75. The number of hydrogen-bond acceptors (Lipinski definition) is 8. The van der Waals surface area contributed by atoms with Crippen LogP contribution < -0.4 is 5.73 Å². The van der Waals surface area contributed by atoms with Crippen LogP contribution in [0.5, 0.6) is 0 Å². The summed E-state index contributed by atoms with van der Waals surface area (Å²) in [6.45, 7) is 16.5. The van der Waals surface area contributed by atoms with Crippen LogP contribution in [0.4, 0.5) is 0 Å². The first kappa shape index (κ1) is 31.6. The van der Waals surface area contributed by atoms with Gasteiger partial charge in [0.05, 0.1) is 34.6 Å². The quantitative estimate of drug-likeness (QED) is 0.327. The highest BCUT2D eigenvalue weighted by atomic mass is 32.1. The molecular formula is C27H46N2O5S. The zero-order valence-corrected chi connectivity index (χ0v) is 23.5. The van der Waals surface area contributed by atoms with Crippen LogP contribution in [0.2, 0.25) is 0 Å². The van der Waals surface area contributed by atoms with Crippen molar-refractivity contribution in [3.05, 3.63) is 21.7 Å². The Hall–Kier alpha value is -1.41. The number of ether oxygens (including phenoxy) is 1. The van der Waals surface area contributed by atoms with Gasteiger partial charge in [0, 0.05) is 11.4 Å². The highest BCUT2D eigenvalue weighted by Gasteiger charge is 2.51. The lowest BCUT2D eigenvalue weighted by Gasteiger charge is -2.34. The Labute approximate surface area is 215 Å². The number of thiazole rings is 1. The molecule has 0 amide bonds. The maximum Gasteiger partial charge on any atom is 0.373 e. The lowest BCUT2D eigenvalue weighted by Crippen LogP contribution is -2.34. The van der Waals surface area contributed by atoms with E-state index in [1.54, 1.807) is 11.3 Å². The fourth-order valence-electron chi connectivity index (χ4n) is 4.64. The lowest BCUT2D eigenvalue weighted by molar-refractivity contribution is -0.191. The molecule has 1 aromatic heterocycles. The van der Waals surface area contributed by atoms with Crippen molar-refractivity contribution >= 4 is 23.6 Å². The van der Waals surface area contributed by atoms with E-state index in [9.17, 15) is 10.2 Å². The molecule has 7 unspecified atom stereocenters. The van der Waals surface area contributed by atoms with Gasteiger partial charge in [0.25, 0.3) is 0 Å². The summed E-state index contributed by atoms with van der Waals surface area (Å²) < 4.78 is 6.05. The van der Waals surface area contributed by atoms with Gasteiger partial charge in [-0.2, -0.15) is 9.59 Å². The van der Waals surface area contributed by atoms with Crippen LogP contribution in [0.15, 0.2) is 11.0 Å². The molecule has 1 aliphatic heterocycles. The summed E-state index contributed by atoms with van der Waals surface area (Å²) >= 11 is 1.65. The minimum absolute atomic E-state index is 0.0253. The Bertz CT molecular complexity index is 846. The summed E-state index contributed by atoms with van der Waals surface area (Å²) in [6.07, 6.45) is 6.42. The summed E-state index contributed by atoms with van der Waals surface area (Å²) in [5, 5.41) is 23.9. The van der Waals surface area contributed by atoms with E-state index >= 15 is 0 Å². The Kier molecular flexibility index (Phi) is 12.4. The molecule has 7 nitrogen and oxygen atoms in total. The molecule has 1 aromatic rings. The summed E-state index contributed by atoms with van der Waals surface area (Å²) in [4.78, 5) is 20.7. The molecular weight excluding hydrogens is 464 g/mol. The zero-order chi connectivity index (χ0) is 27.0. The van der Waals surface area contributed by atoms with Gasteiger partial charge in [-0.05, 0) is 76.7 Å². The number of rotatable bonds is 13. The fraction of sp³-hybridized carbons (Fsp3) is 0.778. The number of nitrogens with zero attached hydrogens (tertiary/aromatic N) is 1. The Morgan fingerprint density at radius 3 is 2.43 bits per heavy atom. The number of aliphatic hydroxyl groups is 2. The molecule has 2 rings (SSSR count). The van der Waals surface area contributed by atoms with Crippen LogP contribution in [0.3, 0.4) is 0 Å². The van der Waals surface area contributed by atoms with Crippen LogP contribution in [-0.2, 0) is 14.3 Å². The third-order valence-electron chi connectivity index (χ3n) is 7.58. The molecule has 8 heteroatoms. The molecule has 0 aromatic carbocycles. The van der Waals surface area contributed by atoms with E-state index in [1.165, 1.54) is 0 Å². The maximum atomic E-state index is 10.8. The van der Waals surface area contributed by atoms with Crippen LogP contribution in [0.1, 0.15) is 91.3 Å². The minimum Gasteiger partial charge on any atom is -0.393 e. The van der Waals surface area contributed by atoms with E-state index in [0.717, 1.165) is 48.4 Å². The van der Waals surface area contributed by atoms with Crippen molar-refractivity contribution < 1.29 is 24.5 Å². The Morgan fingerprint density at radius 2 is 1.91 bits per heavy atom. The number of epoxide rings is 1. The minimum atomic E-state index is -0.383. The average molecular weight is 511 g/mol. The smallest absolute Gasteiger partial charge is 0.373 e. The summed E-state index contributed by atoms with van der Waals surface area (Å²) in [6, 6.07) is -0.0253. The van der Waals surface area contributed by atoms with Crippen molar-refractivity contribution in [3.63, 3.8) is 0 Å². The van der Waals surface area contributed by atoms with Gasteiger partial charge in [-0.15, -0.1) is 11.3 Å². The fourth-order valence-corrected chi connectivity index (χ4v) is 5.21. The maximum absolute atomic E-state index is 10.8. The van der Waals surface area contributed by atoms with E-state index in [4.69, 9.17) is 20.1 Å². The number of hydrogen-bond donors (Lipinski definition) is 3. The zero-order valence-electron chi connectivity index (χ0n) is 22.7. The number of aliphatic hydroxyl groups excluding tert-OH is 2. The van der Waals surface area contributed by atoms with Gasteiger partial charge in [0.1, 0.15) is 0 Å². The van der Waals surface area contributed by atoms with Gasteiger partial charge in [-0.1, -0.05) is 39.7 Å². The predicted molar refractivity (Wildman–Crippen MR) is 140 cm³/mol. The molecule has 35 heavy (non-hydrogen) atoms. The van der Waals surface area contributed by atoms with E-state index in [2.05, 4.69) is 58.0 Å². The third kappa shape index (κ3) is 10.2. The monoisotopic (exact) mass is 510 g/mol. The van der Waals surface area contributed by atoms with Crippen LogP contribution >= 0.6 is 11.3 Å². The van der Waals surface area contributed by atoms with E-state index in [0.29, 0.717) is 0 Å². The molecule has 4 N–H and O–H groups in total. The molecule has 0 bridgehead atoms. The first-order valence-corrected chi connectivity index (χ1v) is 13.4. The van der Waals surface area contributed by atoms with Gasteiger partial charge in [-0.25, -0.2) is 4.98 Å². The largest absolute Gasteiger partial charge is 0.393 e. The van der Waals surface area contributed by atoms with E-state index < -0.39 is 0 Å². The summed E-state index contributed by atoms with van der Waals surface area (Å²) in [5.41, 5.74) is 8.27. The Morgan fingerprint density at radius 1 is 1.31 bits per heavy atom. The standard InChI is InChI=1S/C26H46N2O3S.CO2/c1-16(24(30)18(3)14-25(6,7)19(4)29)10-9-11-26(8)23(31-26)13-22(27)17(2)12-21-15-32-20(5)28-21;2-1-3/h12,15-16,18-19,22-24,29-30H,9-11,13-14,27H2,1-8H3;/b17-12+;. The first-order chi connectivity index (χ1) is 16.2. The number of aromatic nitrogens is 1. The molecule has 200 valence electrons. The highest BCUT2D eigenvalue weighted by molar-refractivity contribution is 7.09. The highest BCUT2D eigenvalue weighted by Crippen LogP contribution is 2.44. The first-order valence-electron chi connectivity index (χ1n) is 12.6. The van der Waals surface area contributed by atoms with Crippen molar-refractivity contribution in [1.29, 1.82) is 0 Å². The van der Waals surface area contributed by atoms with E-state index in [1.807, 2.05) is 13.8 Å². The molecule has 1 aliphatic rings. The normalized spacial score (nSPS) is 24.4. The molecule has 0 radical (unpaired) electrons. The number of nitrogens with two attached hydrogens (primary N) is 1. The second kappa shape index (κ2) is 13.8. The van der Waals surface area contributed by atoms with Crippen molar-refractivity contribution in [2.45, 2.75) is 117 Å². The molecule has 1 saturated heterocycles. The Balaban J connectivity index is 0.00000194.